The number of hydrogen-bond donors (Lipinski definition) is 0. The monoisotopic (exact) mass is 584 g/mol. The van der Waals surface area contributed by atoms with Crippen LogP contribution in [0.5, 0.6) is 17.4 Å². The third-order valence-electron chi connectivity index (χ3n) is 7.08. The van der Waals surface area contributed by atoms with E-state index in [0.717, 1.165) is 18.7 Å². The summed E-state index contributed by atoms with van der Waals surface area (Å²) in [5.41, 5.74) is 1.29. The number of ether oxygens (including phenoxy) is 3. The second-order valence-electron chi connectivity index (χ2n) is 10.2. The van der Waals surface area contributed by atoms with Crippen molar-refractivity contribution in [3.05, 3.63) is 72.2 Å². The fourth-order valence-electron chi connectivity index (χ4n) is 5.31. The van der Waals surface area contributed by atoms with Crippen molar-refractivity contribution in [2.24, 2.45) is 24.8 Å². The van der Waals surface area contributed by atoms with Gasteiger partial charge in [0.15, 0.2) is 0 Å². The van der Waals surface area contributed by atoms with Gasteiger partial charge in [-0.25, -0.2) is 9.78 Å². The van der Waals surface area contributed by atoms with E-state index in [-0.39, 0.29) is 29.8 Å². The van der Waals surface area contributed by atoms with Crippen molar-refractivity contribution < 1.29 is 45.3 Å². The number of alkyl halides is 6. The summed E-state index contributed by atoms with van der Waals surface area (Å²) in [6, 6.07) is 11.2. The Hall–Kier alpha value is -3.94. The van der Waals surface area contributed by atoms with E-state index in [4.69, 9.17) is 4.74 Å². The molecule has 2 atom stereocenters. The summed E-state index contributed by atoms with van der Waals surface area (Å²) in [5, 5.41) is 0. The first-order valence-corrected chi connectivity index (χ1v) is 12.7. The molecule has 1 saturated carbocycles. The number of hydrogen-bond acceptors (Lipinski definition) is 6. The largest absolute Gasteiger partial charge is 0.573 e. The number of carbonyl (C=O) groups excluding carboxylic acids is 1. The molecule has 8 nitrogen and oxygen atoms in total. The molecule has 1 amide bonds. The molecule has 14 heteroatoms. The van der Waals surface area contributed by atoms with Gasteiger partial charge in [0.1, 0.15) is 11.5 Å². The Morgan fingerprint density at radius 1 is 0.951 bits per heavy atom. The standard InChI is InChI=1S/C27H26F6N4O4/c1-35-15-24(34-16-35)39-25(38)37(11-18-3-2-4-20(9-18)41-27(31,32)33)14-23-21-12-36(13-22(21)23)10-17-5-7-19(8-6-17)40-26(28,29)30/h2-9,15-16,21-23H,10-14H2,1H3. The first-order valence-electron chi connectivity index (χ1n) is 12.7. The highest BCUT2D eigenvalue weighted by Crippen LogP contribution is 2.52. The maximum Gasteiger partial charge on any atom is 0.573 e. The number of imidazole rings is 1. The normalized spacial score (nSPS) is 20.4. The molecule has 3 aromatic rings. The fraction of sp³-hybridized carbons (Fsp3) is 0.407. The number of halogens is 6. The average molecular weight is 585 g/mol. The minimum absolute atomic E-state index is 0.00667. The van der Waals surface area contributed by atoms with Gasteiger partial charge in [-0.2, -0.15) is 0 Å². The quantitative estimate of drug-likeness (QED) is 0.306. The van der Waals surface area contributed by atoms with Crippen molar-refractivity contribution in [3.8, 4) is 17.4 Å². The summed E-state index contributed by atoms with van der Waals surface area (Å²) in [7, 11) is 1.72. The number of amides is 1. The molecule has 0 spiro atoms. The molecule has 41 heavy (non-hydrogen) atoms. The predicted molar refractivity (Wildman–Crippen MR) is 132 cm³/mol. The topological polar surface area (TPSA) is 69.1 Å². The van der Waals surface area contributed by atoms with Crippen LogP contribution < -0.4 is 14.2 Å². The SMILES string of the molecule is Cn1cnc(OC(=O)N(Cc2cccc(OC(F)(F)F)c2)CC2C3CN(Cc4ccc(OC(F)(F)F)cc4)CC32)c1. The van der Waals surface area contributed by atoms with Crippen LogP contribution in [0.15, 0.2) is 61.1 Å². The molecule has 1 aliphatic carbocycles. The zero-order valence-corrected chi connectivity index (χ0v) is 21.7. The summed E-state index contributed by atoms with van der Waals surface area (Å²) >= 11 is 0. The number of fused-ring (bicyclic) bond motifs is 1. The smallest absolute Gasteiger partial charge is 0.406 e. The molecule has 2 fully saturated rings. The summed E-state index contributed by atoms with van der Waals surface area (Å²) in [6.07, 6.45) is -7.26. The number of piperidine rings is 1. The van der Waals surface area contributed by atoms with Crippen molar-refractivity contribution in [2.45, 2.75) is 25.8 Å². The Kier molecular flexibility index (Phi) is 7.77. The van der Waals surface area contributed by atoms with E-state index in [1.54, 1.807) is 29.8 Å². The van der Waals surface area contributed by atoms with Crippen LogP contribution in [0, 0.1) is 17.8 Å². The van der Waals surface area contributed by atoms with Gasteiger partial charge in [0.25, 0.3) is 0 Å². The lowest BCUT2D eigenvalue weighted by Crippen LogP contribution is -2.36. The summed E-state index contributed by atoms with van der Waals surface area (Å²) in [4.78, 5) is 20.7. The number of aryl methyl sites for hydroxylation is 1. The molecule has 2 heterocycles. The molecule has 220 valence electrons. The molecule has 2 aliphatic rings. The van der Waals surface area contributed by atoms with E-state index < -0.39 is 18.8 Å². The van der Waals surface area contributed by atoms with Crippen LogP contribution in [0.2, 0.25) is 0 Å². The molecule has 1 aliphatic heterocycles. The number of carbonyl (C=O) groups is 1. The molecule has 5 rings (SSSR count). The highest BCUT2D eigenvalue weighted by Gasteiger charge is 2.56. The minimum Gasteiger partial charge on any atom is -0.406 e. The van der Waals surface area contributed by atoms with Crippen molar-refractivity contribution in [1.29, 1.82) is 0 Å². The maximum atomic E-state index is 13.1. The van der Waals surface area contributed by atoms with Gasteiger partial charge in [0.2, 0.25) is 5.88 Å². The predicted octanol–water partition coefficient (Wildman–Crippen LogP) is 5.60. The molecule has 0 bridgehead atoms. The maximum absolute atomic E-state index is 13.1. The molecule has 2 aromatic carbocycles. The first-order chi connectivity index (χ1) is 19.3. The molecule has 1 saturated heterocycles. The second-order valence-corrected chi connectivity index (χ2v) is 10.2. The zero-order valence-electron chi connectivity index (χ0n) is 21.7. The van der Waals surface area contributed by atoms with E-state index >= 15 is 0 Å². The van der Waals surface area contributed by atoms with E-state index in [1.807, 2.05) is 0 Å². The Morgan fingerprint density at radius 2 is 1.61 bits per heavy atom. The molecule has 1 aromatic heterocycles. The van der Waals surface area contributed by atoms with Crippen molar-refractivity contribution in [2.75, 3.05) is 19.6 Å². The zero-order chi connectivity index (χ0) is 29.4. The molecular formula is C27H26F6N4O4. The molecule has 0 radical (unpaired) electrons. The van der Waals surface area contributed by atoms with Crippen molar-refractivity contribution in [1.82, 2.24) is 19.4 Å². The Labute approximate surface area is 231 Å². The lowest BCUT2D eigenvalue weighted by Gasteiger charge is -2.25. The fourth-order valence-corrected chi connectivity index (χ4v) is 5.31. The van der Waals surface area contributed by atoms with Crippen LogP contribution in [0.3, 0.4) is 0 Å². The Bertz CT molecular complexity index is 1350. The van der Waals surface area contributed by atoms with Gasteiger partial charge >= 0.3 is 18.8 Å². The number of nitrogens with zero attached hydrogens (tertiary/aromatic N) is 4. The van der Waals surface area contributed by atoms with Gasteiger partial charge in [0.05, 0.1) is 12.5 Å². The van der Waals surface area contributed by atoms with Gasteiger partial charge in [-0.15, -0.1) is 26.3 Å². The molecule has 2 unspecified atom stereocenters. The van der Waals surface area contributed by atoms with Crippen molar-refractivity contribution >= 4 is 6.09 Å². The van der Waals surface area contributed by atoms with E-state index in [9.17, 15) is 31.1 Å². The van der Waals surface area contributed by atoms with Gasteiger partial charge < -0.3 is 23.7 Å². The number of benzene rings is 2. The summed E-state index contributed by atoms with van der Waals surface area (Å²) in [5.74, 6) is 0.203. The Balaban J connectivity index is 1.20. The van der Waals surface area contributed by atoms with Gasteiger partial charge in [0, 0.05) is 39.8 Å². The van der Waals surface area contributed by atoms with Crippen LogP contribution in [0.25, 0.3) is 0 Å². The van der Waals surface area contributed by atoms with Crippen LogP contribution in [-0.4, -0.2) is 57.8 Å². The van der Waals surface area contributed by atoms with Crippen LogP contribution in [0.4, 0.5) is 31.1 Å². The van der Waals surface area contributed by atoms with E-state index in [0.29, 0.717) is 30.5 Å². The van der Waals surface area contributed by atoms with Crippen LogP contribution in [0.1, 0.15) is 11.1 Å². The third kappa shape index (κ3) is 7.84. The van der Waals surface area contributed by atoms with Crippen molar-refractivity contribution in [3.63, 3.8) is 0 Å². The number of rotatable bonds is 9. The lowest BCUT2D eigenvalue weighted by atomic mass is 10.1. The van der Waals surface area contributed by atoms with Gasteiger partial charge in [-0.05, 0) is 53.1 Å². The second kappa shape index (κ2) is 11.1. The van der Waals surface area contributed by atoms with Gasteiger partial charge in [-0.3, -0.25) is 4.90 Å². The lowest BCUT2D eigenvalue weighted by molar-refractivity contribution is -0.275. The minimum atomic E-state index is -4.84. The highest BCUT2D eigenvalue weighted by molar-refractivity contribution is 5.70. The summed E-state index contributed by atoms with van der Waals surface area (Å²) in [6.45, 7) is 2.39. The summed E-state index contributed by atoms with van der Waals surface area (Å²) < 4.78 is 90.2. The molecule has 0 N–H and O–H groups in total. The number of aromatic nitrogens is 2. The number of likely N-dealkylation sites (tertiary alicyclic amines) is 1. The van der Waals surface area contributed by atoms with Gasteiger partial charge in [-0.1, -0.05) is 24.3 Å². The third-order valence-corrected chi connectivity index (χ3v) is 7.08. The van der Waals surface area contributed by atoms with Crippen LogP contribution in [-0.2, 0) is 20.1 Å². The van der Waals surface area contributed by atoms with E-state index in [2.05, 4.69) is 19.4 Å². The Morgan fingerprint density at radius 3 is 2.22 bits per heavy atom. The van der Waals surface area contributed by atoms with Crippen LogP contribution >= 0.6 is 0 Å². The molecular weight excluding hydrogens is 558 g/mol. The first kappa shape index (κ1) is 28.6. The average Bonchev–Trinajstić information content (AvgIpc) is 3.15. The highest BCUT2D eigenvalue weighted by atomic mass is 19.4. The van der Waals surface area contributed by atoms with E-state index in [1.165, 1.54) is 47.8 Å².